The van der Waals surface area contributed by atoms with Gasteiger partial charge in [0.1, 0.15) is 6.04 Å². The van der Waals surface area contributed by atoms with Crippen molar-refractivity contribution in [3.05, 3.63) is 0 Å². The molecule has 6 heteroatoms. The Hall–Kier alpha value is -1.43. The zero-order valence-corrected chi connectivity index (χ0v) is 10.0. The van der Waals surface area contributed by atoms with Gasteiger partial charge in [0.05, 0.1) is 0 Å². The lowest BCUT2D eigenvalue weighted by Crippen LogP contribution is -2.45. The van der Waals surface area contributed by atoms with Crippen LogP contribution < -0.4 is 0 Å². The van der Waals surface area contributed by atoms with E-state index in [2.05, 4.69) is 0 Å². The second kappa shape index (κ2) is 5.77. The fraction of sp³-hybridized carbons (Fsp3) is 0.727. The summed E-state index contributed by atoms with van der Waals surface area (Å²) in [6.07, 6.45) is 0.833. The maximum absolute atomic E-state index is 11.7. The van der Waals surface area contributed by atoms with E-state index < -0.39 is 23.8 Å². The van der Waals surface area contributed by atoms with Gasteiger partial charge in [-0.1, -0.05) is 6.92 Å². The van der Waals surface area contributed by atoms with Gasteiger partial charge in [-0.3, -0.25) is 14.5 Å². The second-order valence-electron chi connectivity index (χ2n) is 4.20. The number of carboxylic acids is 1. The number of likely N-dealkylation sites (tertiary alicyclic amines) is 1. The first-order chi connectivity index (χ1) is 7.99. The van der Waals surface area contributed by atoms with E-state index in [0.717, 1.165) is 4.90 Å². The van der Waals surface area contributed by atoms with Gasteiger partial charge in [-0.15, -0.1) is 0 Å². The predicted molar refractivity (Wildman–Crippen MR) is 58.2 cm³/mol. The number of amides is 2. The van der Waals surface area contributed by atoms with Gasteiger partial charge >= 0.3 is 5.97 Å². The lowest BCUT2D eigenvalue weighted by Gasteiger charge is -2.22. The van der Waals surface area contributed by atoms with Crippen molar-refractivity contribution in [2.45, 2.75) is 32.2 Å². The summed E-state index contributed by atoms with van der Waals surface area (Å²) in [4.78, 5) is 35.3. The van der Waals surface area contributed by atoms with Crippen molar-refractivity contribution < 1.29 is 24.2 Å². The molecule has 0 aromatic rings. The molecule has 1 aliphatic rings. The number of hydrogen-bond donors (Lipinski definition) is 1. The summed E-state index contributed by atoms with van der Waals surface area (Å²) >= 11 is 0. The number of ether oxygens (including phenoxy) is 1. The summed E-state index contributed by atoms with van der Waals surface area (Å²) in [6, 6.07) is -1.06. The number of nitrogens with zero attached hydrogens (tertiary/aromatic N) is 1. The minimum atomic E-state index is -1.14. The van der Waals surface area contributed by atoms with Crippen LogP contribution in [0.2, 0.25) is 0 Å². The largest absolute Gasteiger partial charge is 0.480 e. The molecular weight excluding hydrogens is 226 g/mol. The van der Waals surface area contributed by atoms with Crippen molar-refractivity contribution in [1.82, 2.24) is 4.90 Å². The van der Waals surface area contributed by atoms with Gasteiger partial charge in [-0.05, 0) is 12.8 Å². The summed E-state index contributed by atoms with van der Waals surface area (Å²) in [5.74, 6) is -2.34. The van der Waals surface area contributed by atoms with Gasteiger partial charge in [0.25, 0.3) is 0 Å². The van der Waals surface area contributed by atoms with Crippen LogP contribution in [0.4, 0.5) is 0 Å². The Bertz CT molecular complexity index is 328. The molecule has 96 valence electrons. The Kier molecular flexibility index (Phi) is 4.62. The number of carbonyl (C=O) groups is 3. The highest BCUT2D eigenvalue weighted by Crippen LogP contribution is 2.23. The van der Waals surface area contributed by atoms with Crippen LogP contribution in [0.5, 0.6) is 0 Å². The first kappa shape index (κ1) is 13.6. The zero-order valence-electron chi connectivity index (χ0n) is 10.0. The third-order valence-electron chi connectivity index (χ3n) is 2.83. The fourth-order valence-corrected chi connectivity index (χ4v) is 1.92. The first-order valence-electron chi connectivity index (χ1n) is 5.56. The molecule has 1 saturated heterocycles. The number of aliphatic carboxylic acids is 1. The van der Waals surface area contributed by atoms with E-state index >= 15 is 0 Å². The van der Waals surface area contributed by atoms with Crippen molar-refractivity contribution in [2.75, 3.05) is 13.7 Å². The average Bonchev–Trinajstić information content (AvgIpc) is 2.49. The summed E-state index contributed by atoms with van der Waals surface area (Å²) in [7, 11) is 1.52. The molecule has 1 rings (SSSR count). The summed E-state index contributed by atoms with van der Waals surface area (Å²) in [5, 5.41) is 9.07. The molecular formula is C11H17NO5. The first-order valence-corrected chi connectivity index (χ1v) is 5.56. The second-order valence-corrected chi connectivity index (χ2v) is 4.20. The van der Waals surface area contributed by atoms with Crippen LogP contribution in [0.1, 0.15) is 26.2 Å². The van der Waals surface area contributed by atoms with Crippen molar-refractivity contribution >= 4 is 17.8 Å². The normalized spacial score (nSPS) is 22.0. The number of hydrogen-bond acceptors (Lipinski definition) is 4. The highest BCUT2D eigenvalue weighted by Gasteiger charge is 2.42. The van der Waals surface area contributed by atoms with E-state index in [9.17, 15) is 14.4 Å². The maximum Gasteiger partial charge on any atom is 0.326 e. The minimum absolute atomic E-state index is 0.104. The summed E-state index contributed by atoms with van der Waals surface area (Å²) < 4.78 is 4.83. The summed E-state index contributed by atoms with van der Waals surface area (Å²) in [6.45, 7) is 2.05. The number of rotatable bonds is 6. The standard InChI is InChI=1S/C11H17NO5/c1-7-6-9(13)12(10(7)14)8(11(15)16)4-3-5-17-2/h7-8H,3-6H2,1-2H3,(H,15,16). The zero-order chi connectivity index (χ0) is 13.0. The molecule has 1 heterocycles. The molecule has 0 aromatic heterocycles. The molecule has 2 unspecified atom stereocenters. The van der Waals surface area contributed by atoms with E-state index in [4.69, 9.17) is 9.84 Å². The van der Waals surface area contributed by atoms with E-state index in [0.29, 0.717) is 13.0 Å². The van der Waals surface area contributed by atoms with Gasteiger partial charge in [-0.25, -0.2) is 4.79 Å². The molecule has 1 aliphatic heterocycles. The summed E-state index contributed by atoms with van der Waals surface area (Å²) in [5.41, 5.74) is 0. The highest BCUT2D eigenvalue weighted by atomic mass is 16.5. The van der Waals surface area contributed by atoms with E-state index in [1.54, 1.807) is 6.92 Å². The van der Waals surface area contributed by atoms with Crippen molar-refractivity contribution in [1.29, 1.82) is 0 Å². The Morgan fingerprint density at radius 1 is 1.59 bits per heavy atom. The third kappa shape index (κ3) is 3.03. The quantitative estimate of drug-likeness (QED) is 0.534. The molecule has 17 heavy (non-hydrogen) atoms. The Morgan fingerprint density at radius 2 is 2.24 bits per heavy atom. The molecule has 2 amide bonds. The molecule has 0 spiro atoms. The lowest BCUT2D eigenvalue weighted by molar-refractivity contribution is -0.155. The average molecular weight is 243 g/mol. The van der Waals surface area contributed by atoms with E-state index in [1.807, 2.05) is 0 Å². The van der Waals surface area contributed by atoms with Gasteiger partial charge in [0, 0.05) is 26.1 Å². The fourth-order valence-electron chi connectivity index (χ4n) is 1.92. The molecule has 1 fully saturated rings. The maximum atomic E-state index is 11.7. The molecule has 6 nitrogen and oxygen atoms in total. The Morgan fingerprint density at radius 3 is 2.65 bits per heavy atom. The van der Waals surface area contributed by atoms with Crippen molar-refractivity contribution in [2.24, 2.45) is 5.92 Å². The van der Waals surface area contributed by atoms with Crippen LogP contribution in [0.3, 0.4) is 0 Å². The van der Waals surface area contributed by atoms with Gasteiger partial charge < -0.3 is 9.84 Å². The molecule has 0 aromatic carbocycles. The van der Waals surface area contributed by atoms with Crippen molar-refractivity contribution in [3.63, 3.8) is 0 Å². The third-order valence-corrected chi connectivity index (χ3v) is 2.83. The van der Waals surface area contributed by atoms with Crippen LogP contribution in [0.15, 0.2) is 0 Å². The number of carbonyl (C=O) groups excluding carboxylic acids is 2. The van der Waals surface area contributed by atoms with Crippen LogP contribution >= 0.6 is 0 Å². The highest BCUT2D eigenvalue weighted by molar-refractivity contribution is 6.06. The number of imide groups is 1. The smallest absolute Gasteiger partial charge is 0.326 e. The van der Waals surface area contributed by atoms with Gasteiger partial charge in [0.2, 0.25) is 11.8 Å². The van der Waals surface area contributed by atoms with E-state index in [-0.39, 0.29) is 18.7 Å². The van der Waals surface area contributed by atoms with Crippen LogP contribution in [0, 0.1) is 5.92 Å². The monoisotopic (exact) mass is 243 g/mol. The van der Waals surface area contributed by atoms with Crippen LogP contribution in [-0.4, -0.2) is 47.5 Å². The van der Waals surface area contributed by atoms with E-state index in [1.165, 1.54) is 7.11 Å². The molecule has 0 aliphatic carbocycles. The minimum Gasteiger partial charge on any atom is -0.480 e. The Labute approximate surface area is 99.5 Å². The van der Waals surface area contributed by atoms with Gasteiger partial charge in [-0.2, -0.15) is 0 Å². The molecule has 0 radical (unpaired) electrons. The SMILES string of the molecule is COCCCC(C(=O)O)N1C(=O)CC(C)C1=O. The molecule has 2 atom stereocenters. The number of carboxylic acid groups (broad SMARTS) is 1. The predicted octanol–water partition coefficient (Wildman–Crippen LogP) is 0.261. The number of methoxy groups -OCH3 is 1. The lowest BCUT2D eigenvalue weighted by atomic mass is 10.1. The molecule has 1 N–H and O–H groups in total. The topological polar surface area (TPSA) is 83.9 Å². The van der Waals surface area contributed by atoms with Gasteiger partial charge in [0.15, 0.2) is 0 Å². The molecule has 0 bridgehead atoms. The van der Waals surface area contributed by atoms with Crippen LogP contribution in [0.25, 0.3) is 0 Å². The Balaban J connectivity index is 2.73. The molecule has 0 saturated carbocycles. The van der Waals surface area contributed by atoms with Crippen LogP contribution in [-0.2, 0) is 19.1 Å². The van der Waals surface area contributed by atoms with Crippen molar-refractivity contribution in [3.8, 4) is 0 Å².